The Morgan fingerprint density at radius 1 is 1.00 bits per heavy atom. The van der Waals surface area contributed by atoms with E-state index in [1.54, 1.807) is 41.8 Å². The minimum Gasteiger partial charge on any atom is -0.313 e. The van der Waals surface area contributed by atoms with Crippen molar-refractivity contribution in [1.82, 2.24) is 9.23 Å². The van der Waals surface area contributed by atoms with Crippen molar-refractivity contribution in [1.29, 1.82) is 0 Å². The number of carbonyl (C=O) groups excluding carboxylic acids is 1. The smallest absolute Gasteiger partial charge is 0.276 e. The molecule has 31 heavy (non-hydrogen) atoms. The van der Waals surface area contributed by atoms with E-state index in [0.717, 1.165) is 0 Å². The number of hydrogen-bond donors (Lipinski definition) is 1. The van der Waals surface area contributed by atoms with Crippen LogP contribution in [0.4, 0.5) is 4.39 Å². The number of fused-ring (bicyclic) bond motifs is 1. The maximum atomic E-state index is 13.3. The normalized spacial score (nSPS) is 11.8. The minimum absolute atomic E-state index is 0.0952. The third kappa shape index (κ3) is 3.97. The molecule has 0 saturated heterocycles. The molecule has 0 saturated carbocycles. The number of nitrogens with one attached hydrogen (secondary N) is 1. The van der Waals surface area contributed by atoms with Gasteiger partial charge >= 0.3 is 0 Å². The van der Waals surface area contributed by atoms with Crippen LogP contribution in [0.25, 0.3) is 5.52 Å². The summed E-state index contributed by atoms with van der Waals surface area (Å²) < 4.78 is 39.7. The van der Waals surface area contributed by atoms with Crippen LogP contribution in [0.1, 0.15) is 27.2 Å². The zero-order chi connectivity index (χ0) is 22.0. The van der Waals surface area contributed by atoms with Crippen molar-refractivity contribution in [2.75, 3.05) is 0 Å². The summed E-state index contributed by atoms with van der Waals surface area (Å²) in [7, 11) is -3.81. The van der Waals surface area contributed by atoms with E-state index in [2.05, 4.69) is 9.93 Å². The highest BCUT2D eigenvalue weighted by atomic mass is 32.2. The van der Waals surface area contributed by atoms with Gasteiger partial charge in [0, 0.05) is 17.3 Å². The summed E-state index contributed by atoms with van der Waals surface area (Å²) in [4.78, 5) is 15.4. The van der Waals surface area contributed by atoms with Crippen LogP contribution in [-0.2, 0) is 10.0 Å². The molecule has 6 nitrogen and oxygen atoms in total. The Bertz CT molecular complexity index is 1390. The predicted octanol–water partition coefficient (Wildman–Crippen LogP) is 3.93. The first-order valence-corrected chi connectivity index (χ1v) is 10.9. The van der Waals surface area contributed by atoms with Gasteiger partial charge in [0.2, 0.25) is 5.78 Å². The maximum absolute atomic E-state index is 13.3. The topological polar surface area (TPSA) is 80.0 Å². The second-order valence-electron chi connectivity index (χ2n) is 6.85. The van der Waals surface area contributed by atoms with Gasteiger partial charge in [-0.15, -0.1) is 0 Å². The molecular weight excluding hydrogens is 417 g/mol. The number of aromatic nitrogens is 1. The first kappa shape index (κ1) is 20.5. The Hall–Kier alpha value is -3.78. The molecule has 0 amide bonds. The number of carbonyl (C=O) groups is 1. The molecule has 0 aliphatic carbocycles. The summed E-state index contributed by atoms with van der Waals surface area (Å²) in [5.41, 5.74) is 2.66. The van der Waals surface area contributed by atoms with Crippen LogP contribution >= 0.6 is 0 Å². The van der Waals surface area contributed by atoms with Crippen LogP contribution in [-0.4, -0.2) is 24.8 Å². The summed E-state index contributed by atoms with van der Waals surface area (Å²) in [5, 5.41) is 3.92. The number of ketones is 1. The zero-order valence-corrected chi connectivity index (χ0v) is 17.3. The molecule has 156 valence electrons. The van der Waals surface area contributed by atoms with Crippen molar-refractivity contribution < 1.29 is 17.6 Å². The Labute approximate surface area is 178 Å². The SMILES string of the molecule is Cc1c(/C=N/NS(=O)(=O)c2ccccc2)c2ccccn2c1C(=O)c1ccc(F)cc1. The molecule has 0 bridgehead atoms. The second-order valence-corrected chi connectivity index (χ2v) is 8.51. The van der Waals surface area contributed by atoms with E-state index < -0.39 is 15.8 Å². The van der Waals surface area contributed by atoms with Gasteiger partial charge in [-0.1, -0.05) is 24.3 Å². The molecule has 2 heterocycles. The summed E-state index contributed by atoms with van der Waals surface area (Å²) in [6, 6.07) is 18.6. The van der Waals surface area contributed by atoms with Gasteiger partial charge in [0.15, 0.2) is 0 Å². The predicted molar refractivity (Wildman–Crippen MR) is 116 cm³/mol. The third-order valence-electron chi connectivity index (χ3n) is 4.88. The molecule has 0 aliphatic rings. The zero-order valence-electron chi connectivity index (χ0n) is 16.5. The summed E-state index contributed by atoms with van der Waals surface area (Å²) >= 11 is 0. The van der Waals surface area contributed by atoms with Crippen LogP contribution in [0, 0.1) is 12.7 Å². The average Bonchev–Trinajstić information content (AvgIpc) is 3.06. The van der Waals surface area contributed by atoms with Crippen molar-refractivity contribution in [2.45, 2.75) is 11.8 Å². The van der Waals surface area contributed by atoms with Gasteiger partial charge in [0.1, 0.15) is 5.82 Å². The van der Waals surface area contributed by atoms with Crippen LogP contribution in [0.15, 0.2) is 89.0 Å². The molecule has 2 aromatic heterocycles. The van der Waals surface area contributed by atoms with E-state index in [9.17, 15) is 17.6 Å². The molecule has 0 fully saturated rings. The van der Waals surface area contributed by atoms with Crippen molar-refractivity contribution in [2.24, 2.45) is 5.10 Å². The van der Waals surface area contributed by atoms with Crippen molar-refractivity contribution in [3.05, 3.63) is 107 Å². The number of hydrogen-bond acceptors (Lipinski definition) is 4. The van der Waals surface area contributed by atoms with Gasteiger partial charge in [-0.05, 0) is 61.0 Å². The van der Waals surface area contributed by atoms with Crippen molar-refractivity contribution >= 4 is 27.5 Å². The highest BCUT2D eigenvalue weighted by Crippen LogP contribution is 2.24. The fourth-order valence-electron chi connectivity index (χ4n) is 3.35. The molecule has 0 aliphatic heterocycles. The van der Waals surface area contributed by atoms with Gasteiger partial charge in [-0.25, -0.2) is 9.22 Å². The lowest BCUT2D eigenvalue weighted by Gasteiger charge is -2.04. The molecule has 0 unspecified atom stereocenters. The second kappa shape index (κ2) is 8.16. The van der Waals surface area contributed by atoms with E-state index in [1.807, 2.05) is 12.1 Å². The first-order chi connectivity index (χ1) is 14.9. The van der Waals surface area contributed by atoms with Gasteiger partial charge in [0.25, 0.3) is 10.0 Å². The van der Waals surface area contributed by atoms with E-state index in [-0.39, 0.29) is 10.7 Å². The van der Waals surface area contributed by atoms with E-state index >= 15 is 0 Å². The van der Waals surface area contributed by atoms with Gasteiger partial charge in [-0.2, -0.15) is 13.5 Å². The standard InChI is InChI=1S/C23H18FN3O3S/c1-16-20(15-25-26-31(29,30)19-7-3-2-4-8-19)21-9-5-6-14-27(21)22(16)23(28)17-10-12-18(24)13-11-17/h2-15,26H,1H3/b25-15+. The molecule has 4 rings (SSSR count). The number of pyridine rings is 1. The molecule has 4 aromatic rings. The largest absolute Gasteiger partial charge is 0.313 e. The lowest BCUT2D eigenvalue weighted by Crippen LogP contribution is -2.18. The number of sulfonamides is 1. The number of rotatable bonds is 6. The van der Waals surface area contributed by atoms with E-state index in [4.69, 9.17) is 0 Å². The lowest BCUT2D eigenvalue weighted by atomic mass is 10.0. The summed E-state index contributed by atoms with van der Waals surface area (Å²) in [5.74, 6) is -0.699. The number of nitrogens with zero attached hydrogens (tertiary/aromatic N) is 2. The number of hydrazone groups is 1. The van der Waals surface area contributed by atoms with Gasteiger partial charge in [0.05, 0.1) is 22.3 Å². The van der Waals surface area contributed by atoms with Crippen molar-refractivity contribution in [3.63, 3.8) is 0 Å². The minimum atomic E-state index is -3.81. The van der Waals surface area contributed by atoms with Crippen LogP contribution in [0.2, 0.25) is 0 Å². The highest BCUT2D eigenvalue weighted by Gasteiger charge is 2.21. The van der Waals surface area contributed by atoms with Crippen LogP contribution < -0.4 is 4.83 Å². The van der Waals surface area contributed by atoms with E-state index in [1.165, 1.54) is 42.6 Å². The van der Waals surface area contributed by atoms with Crippen LogP contribution in [0.5, 0.6) is 0 Å². The Kier molecular flexibility index (Phi) is 5.39. The Morgan fingerprint density at radius 2 is 1.68 bits per heavy atom. The molecule has 0 atom stereocenters. The summed E-state index contributed by atoms with van der Waals surface area (Å²) in [6.45, 7) is 1.76. The monoisotopic (exact) mass is 435 g/mol. The van der Waals surface area contributed by atoms with Gasteiger partial charge in [-0.3, -0.25) is 4.79 Å². The molecular formula is C23H18FN3O3S. The first-order valence-electron chi connectivity index (χ1n) is 9.38. The fourth-order valence-corrected chi connectivity index (χ4v) is 4.16. The quantitative estimate of drug-likeness (QED) is 0.283. The van der Waals surface area contributed by atoms with Crippen LogP contribution in [0.3, 0.4) is 0 Å². The highest BCUT2D eigenvalue weighted by molar-refractivity contribution is 7.89. The molecule has 2 aromatic carbocycles. The Morgan fingerprint density at radius 3 is 2.39 bits per heavy atom. The maximum Gasteiger partial charge on any atom is 0.276 e. The lowest BCUT2D eigenvalue weighted by molar-refractivity contribution is 0.103. The average molecular weight is 435 g/mol. The molecule has 0 radical (unpaired) electrons. The molecule has 1 N–H and O–H groups in total. The summed E-state index contributed by atoms with van der Waals surface area (Å²) in [6.07, 6.45) is 3.12. The molecule has 0 spiro atoms. The Balaban J connectivity index is 1.72. The number of halogens is 1. The van der Waals surface area contributed by atoms with Gasteiger partial charge < -0.3 is 4.40 Å². The van der Waals surface area contributed by atoms with E-state index in [0.29, 0.717) is 27.9 Å². The number of benzene rings is 2. The van der Waals surface area contributed by atoms with Crippen molar-refractivity contribution in [3.8, 4) is 0 Å². The molecule has 8 heteroatoms. The fraction of sp³-hybridized carbons (Fsp3) is 0.0435. The third-order valence-corrected chi connectivity index (χ3v) is 6.12.